The van der Waals surface area contributed by atoms with Gasteiger partial charge >= 0.3 is 6.55 Å². The lowest BCUT2D eigenvalue weighted by Crippen LogP contribution is -2.27. The van der Waals surface area contributed by atoms with E-state index >= 15 is 0 Å². The molecule has 17 heavy (non-hydrogen) atoms. The molecule has 2 aromatic rings. The lowest BCUT2D eigenvalue weighted by Gasteiger charge is -2.06. The molecule has 0 aliphatic carbocycles. The first-order chi connectivity index (χ1) is 8.18. The van der Waals surface area contributed by atoms with Crippen LogP contribution in [-0.4, -0.2) is 9.55 Å². The van der Waals surface area contributed by atoms with E-state index < -0.39 is 6.55 Å². The van der Waals surface area contributed by atoms with Gasteiger partial charge in [0.05, 0.1) is 5.75 Å². The predicted molar refractivity (Wildman–Crippen MR) is 58.4 cm³/mol. The Hall–Kier alpha value is -1.63. The fourth-order valence-electron chi connectivity index (χ4n) is 1.30. The summed E-state index contributed by atoms with van der Waals surface area (Å²) in [6, 6.07) is 4.96. The van der Waals surface area contributed by atoms with Gasteiger partial charge in [-0.3, -0.25) is 4.57 Å². The van der Waals surface area contributed by atoms with Crippen molar-refractivity contribution in [3.63, 3.8) is 0 Å². The van der Waals surface area contributed by atoms with Crippen LogP contribution in [0.3, 0.4) is 0 Å². The van der Waals surface area contributed by atoms with Crippen LogP contribution >= 0.6 is 11.8 Å². The Morgan fingerprint density at radius 2 is 2.29 bits per heavy atom. The highest BCUT2D eigenvalue weighted by molar-refractivity contribution is 7.98. The molecule has 0 aromatic carbocycles. The van der Waals surface area contributed by atoms with Crippen LogP contribution < -0.4 is 4.73 Å². The summed E-state index contributed by atoms with van der Waals surface area (Å²) in [4.78, 5) is 3.83. The smallest absolute Gasteiger partial charge is 0.319 e. The Balaban J connectivity index is 2.08. The molecule has 0 bridgehead atoms. The molecule has 4 nitrogen and oxygen atoms in total. The largest absolute Gasteiger partial charge is 0.618 e. The van der Waals surface area contributed by atoms with Crippen molar-refractivity contribution in [3.8, 4) is 0 Å². The molecule has 0 atom stereocenters. The minimum absolute atomic E-state index is 0.226. The van der Waals surface area contributed by atoms with Crippen molar-refractivity contribution in [3.05, 3.63) is 47.8 Å². The second kappa shape index (κ2) is 5.13. The van der Waals surface area contributed by atoms with E-state index in [1.54, 1.807) is 18.2 Å². The van der Waals surface area contributed by atoms with Crippen LogP contribution in [0.2, 0.25) is 0 Å². The average molecular weight is 257 g/mol. The number of hydrogen-bond donors (Lipinski definition) is 0. The van der Waals surface area contributed by atoms with Gasteiger partial charge in [0.15, 0.2) is 6.20 Å². The van der Waals surface area contributed by atoms with Crippen LogP contribution in [0.5, 0.6) is 0 Å². The minimum atomic E-state index is -2.61. The number of thioether (sulfide) groups is 1. The van der Waals surface area contributed by atoms with E-state index in [0.29, 0.717) is 9.76 Å². The summed E-state index contributed by atoms with van der Waals surface area (Å²) in [7, 11) is 0. The molecule has 7 heteroatoms. The average Bonchev–Trinajstić information content (AvgIpc) is 2.76. The maximum Gasteiger partial charge on any atom is 0.319 e. The highest BCUT2D eigenvalue weighted by atomic mass is 32.2. The van der Waals surface area contributed by atoms with Gasteiger partial charge in [-0.15, -0.1) is 0 Å². The molecule has 2 aromatic heterocycles. The lowest BCUT2D eigenvalue weighted by molar-refractivity contribution is -0.645. The highest BCUT2D eigenvalue weighted by Gasteiger charge is 2.13. The summed E-state index contributed by atoms with van der Waals surface area (Å²) in [5.41, 5.74) is 0. The van der Waals surface area contributed by atoms with Crippen LogP contribution in [-0.2, 0) is 5.75 Å². The van der Waals surface area contributed by atoms with Crippen molar-refractivity contribution in [2.45, 2.75) is 17.3 Å². The zero-order valence-corrected chi connectivity index (χ0v) is 9.48. The second-order valence-corrected chi connectivity index (χ2v) is 4.18. The molecular weight excluding hydrogens is 248 g/mol. The van der Waals surface area contributed by atoms with E-state index in [1.165, 1.54) is 30.4 Å². The van der Waals surface area contributed by atoms with Crippen LogP contribution in [0.25, 0.3) is 0 Å². The Bertz CT molecular complexity index is 504. The molecule has 0 N–H and O–H groups in total. The molecule has 0 saturated heterocycles. The van der Waals surface area contributed by atoms with Gasteiger partial charge in [0, 0.05) is 24.5 Å². The molecule has 0 unspecified atom stereocenters. The standard InChI is InChI=1S/C10H9F2N3OS/c11-10(12)14-6-4-13-8(14)7-17-9-3-1-2-5-15(9)16/h1-6,10H,7H2. The monoisotopic (exact) mass is 257 g/mol. The third kappa shape index (κ3) is 2.73. The molecule has 0 radical (unpaired) electrons. The predicted octanol–water partition coefficient (Wildman–Crippen LogP) is 2.20. The van der Waals surface area contributed by atoms with E-state index in [9.17, 15) is 14.0 Å². The maximum atomic E-state index is 12.5. The first-order valence-electron chi connectivity index (χ1n) is 4.79. The van der Waals surface area contributed by atoms with E-state index in [-0.39, 0.29) is 11.6 Å². The zero-order chi connectivity index (χ0) is 12.3. The molecule has 0 fully saturated rings. The first kappa shape index (κ1) is 11.8. The molecule has 0 amide bonds. The number of nitrogens with zero attached hydrogens (tertiary/aromatic N) is 3. The molecule has 0 spiro atoms. The molecule has 0 aliphatic rings. The van der Waals surface area contributed by atoms with E-state index in [4.69, 9.17) is 0 Å². The summed E-state index contributed by atoms with van der Waals surface area (Å²) in [5, 5.41) is 11.8. The van der Waals surface area contributed by atoms with Crippen molar-refractivity contribution < 1.29 is 13.5 Å². The van der Waals surface area contributed by atoms with Crippen molar-refractivity contribution in [2.75, 3.05) is 0 Å². The van der Waals surface area contributed by atoms with Crippen molar-refractivity contribution in [1.82, 2.24) is 9.55 Å². The number of alkyl halides is 2. The lowest BCUT2D eigenvalue weighted by atomic mass is 10.5. The summed E-state index contributed by atoms with van der Waals surface area (Å²) in [6.07, 6.45) is 3.90. The number of imidazole rings is 1. The Morgan fingerprint density at radius 3 is 3.00 bits per heavy atom. The van der Waals surface area contributed by atoms with Crippen molar-refractivity contribution in [2.24, 2.45) is 0 Å². The van der Waals surface area contributed by atoms with Crippen molar-refractivity contribution in [1.29, 1.82) is 0 Å². The number of halogens is 2. The number of hydrogen-bond acceptors (Lipinski definition) is 3. The minimum Gasteiger partial charge on any atom is -0.618 e. The fraction of sp³-hybridized carbons (Fsp3) is 0.200. The van der Waals surface area contributed by atoms with Gasteiger partial charge in [-0.05, 0) is 17.8 Å². The third-order valence-corrected chi connectivity index (χ3v) is 3.11. The summed E-state index contributed by atoms with van der Waals surface area (Å²) in [6.45, 7) is -2.61. The number of rotatable bonds is 4. The molecular formula is C10H9F2N3OS. The van der Waals surface area contributed by atoms with E-state index in [1.807, 2.05) is 0 Å². The molecule has 0 saturated carbocycles. The molecule has 2 rings (SSSR count). The van der Waals surface area contributed by atoms with Crippen LogP contribution in [0.4, 0.5) is 8.78 Å². The quantitative estimate of drug-likeness (QED) is 0.479. The van der Waals surface area contributed by atoms with Gasteiger partial charge in [0.1, 0.15) is 5.82 Å². The zero-order valence-electron chi connectivity index (χ0n) is 8.66. The Labute approximate surface area is 100 Å². The molecule has 90 valence electrons. The number of pyridine rings is 1. The molecule has 0 aliphatic heterocycles. The van der Waals surface area contributed by atoms with E-state index in [0.717, 1.165) is 4.57 Å². The van der Waals surface area contributed by atoms with Gasteiger partial charge in [-0.2, -0.15) is 13.5 Å². The van der Waals surface area contributed by atoms with Gasteiger partial charge in [0.2, 0.25) is 0 Å². The highest BCUT2D eigenvalue weighted by Crippen LogP contribution is 2.21. The van der Waals surface area contributed by atoms with Gasteiger partial charge in [0.25, 0.3) is 5.03 Å². The summed E-state index contributed by atoms with van der Waals surface area (Å²) in [5.74, 6) is 0.470. The topological polar surface area (TPSA) is 44.8 Å². The Kier molecular flexibility index (Phi) is 3.58. The van der Waals surface area contributed by atoms with E-state index in [2.05, 4.69) is 4.98 Å². The first-order valence-corrected chi connectivity index (χ1v) is 5.78. The van der Waals surface area contributed by atoms with Crippen molar-refractivity contribution >= 4 is 11.8 Å². The Morgan fingerprint density at radius 1 is 1.47 bits per heavy atom. The van der Waals surface area contributed by atoms with Gasteiger partial charge < -0.3 is 5.21 Å². The van der Waals surface area contributed by atoms with Crippen LogP contribution in [0, 0.1) is 5.21 Å². The maximum absolute atomic E-state index is 12.5. The molecule has 2 heterocycles. The summed E-state index contributed by atoms with van der Waals surface area (Å²) < 4.78 is 26.5. The third-order valence-electron chi connectivity index (χ3n) is 2.10. The van der Waals surface area contributed by atoms with Crippen LogP contribution in [0.15, 0.2) is 41.8 Å². The normalized spacial score (nSPS) is 11.0. The number of aromatic nitrogens is 3. The van der Waals surface area contributed by atoms with Crippen LogP contribution in [0.1, 0.15) is 12.4 Å². The fourth-order valence-corrected chi connectivity index (χ4v) is 2.16. The van der Waals surface area contributed by atoms with Gasteiger partial charge in [-0.1, -0.05) is 0 Å². The SMILES string of the molecule is [O-][n+]1ccccc1SCc1nccn1C(F)F. The second-order valence-electron chi connectivity index (χ2n) is 3.18. The van der Waals surface area contributed by atoms with Gasteiger partial charge in [-0.25, -0.2) is 4.98 Å². The summed E-state index contributed by atoms with van der Waals surface area (Å²) >= 11 is 1.17.